The highest BCUT2D eigenvalue weighted by Gasteiger charge is 2.11. The SMILES string of the molecule is CCc1cc(C(=O)Nc2ccc(Br)cc2C#N)cc(Cl)n1. The van der Waals surface area contributed by atoms with E-state index in [0.29, 0.717) is 23.2 Å². The highest BCUT2D eigenvalue weighted by molar-refractivity contribution is 9.10. The van der Waals surface area contributed by atoms with Crippen molar-refractivity contribution in [2.75, 3.05) is 5.32 Å². The molecule has 21 heavy (non-hydrogen) atoms. The van der Waals surface area contributed by atoms with E-state index in [0.717, 1.165) is 10.2 Å². The van der Waals surface area contributed by atoms with Crippen molar-refractivity contribution in [3.05, 3.63) is 56.8 Å². The predicted molar refractivity (Wildman–Crippen MR) is 85.4 cm³/mol. The van der Waals surface area contributed by atoms with Gasteiger partial charge in [0.25, 0.3) is 5.91 Å². The van der Waals surface area contributed by atoms with E-state index in [1.165, 1.54) is 6.07 Å². The molecule has 1 aromatic heterocycles. The minimum Gasteiger partial charge on any atom is -0.321 e. The largest absolute Gasteiger partial charge is 0.321 e. The summed E-state index contributed by atoms with van der Waals surface area (Å²) in [5.74, 6) is -0.326. The third kappa shape index (κ3) is 3.81. The van der Waals surface area contributed by atoms with E-state index in [4.69, 9.17) is 16.9 Å². The lowest BCUT2D eigenvalue weighted by Crippen LogP contribution is -2.13. The smallest absolute Gasteiger partial charge is 0.255 e. The lowest BCUT2D eigenvalue weighted by Gasteiger charge is -2.08. The van der Waals surface area contributed by atoms with Crippen LogP contribution in [0.25, 0.3) is 0 Å². The number of benzene rings is 1. The number of nitrogens with one attached hydrogen (secondary N) is 1. The van der Waals surface area contributed by atoms with Crippen LogP contribution in [-0.2, 0) is 6.42 Å². The predicted octanol–water partition coefficient (Wildman–Crippen LogP) is 4.18. The minimum atomic E-state index is -0.326. The molecule has 0 aliphatic heterocycles. The second-order valence-electron chi connectivity index (χ2n) is 4.28. The summed E-state index contributed by atoms with van der Waals surface area (Å²) in [6.07, 6.45) is 0.683. The number of aromatic nitrogens is 1. The van der Waals surface area contributed by atoms with Crippen LogP contribution < -0.4 is 5.32 Å². The highest BCUT2D eigenvalue weighted by atomic mass is 79.9. The molecule has 1 heterocycles. The van der Waals surface area contributed by atoms with Crippen molar-refractivity contribution >= 4 is 39.1 Å². The molecular formula is C15H11BrClN3O. The molecule has 1 aromatic carbocycles. The van der Waals surface area contributed by atoms with Gasteiger partial charge in [-0.3, -0.25) is 4.79 Å². The van der Waals surface area contributed by atoms with Crippen LogP contribution in [0.2, 0.25) is 5.15 Å². The average molecular weight is 365 g/mol. The minimum absolute atomic E-state index is 0.274. The van der Waals surface area contributed by atoms with Crippen LogP contribution in [0.1, 0.15) is 28.5 Å². The number of pyridine rings is 1. The highest BCUT2D eigenvalue weighted by Crippen LogP contribution is 2.21. The fourth-order valence-electron chi connectivity index (χ4n) is 1.78. The van der Waals surface area contributed by atoms with Gasteiger partial charge in [-0.2, -0.15) is 5.26 Å². The molecule has 0 spiro atoms. The summed E-state index contributed by atoms with van der Waals surface area (Å²) >= 11 is 9.19. The normalized spacial score (nSPS) is 10.0. The number of aryl methyl sites for hydroxylation is 1. The van der Waals surface area contributed by atoms with Gasteiger partial charge in [-0.25, -0.2) is 4.98 Å². The van der Waals surface area contributed by atoms with E-state index in [2.05, 4.69) is 26.2 Å². The first-order chi connectivity index (χ1) is 10.0. The van der Waals surface area contributed by atoms with Crippen LogP contribution in [0.3, 0.4) is 0 Å². The molecule has 0 saturated heterocycles. The zero-order chi connectivity index (χ0) is 15.4. The topological polar surface area (TPSA) is 65.8 Å². The molecule has 0 aliphatic rings. The van der Waals surface area contributed by atoms with E-state index in [1.807, 2.05) is 13.0 Å². The van der Waals surface area contributed by atoms with E-state index >= 15 is 0 Å². The fraction of sp³-hybridized carbons (Fsp3) is 0.133. The third-order valence-corrected chi connectivity index (χ3v) is 3.51. The molecule has 0 unspecified atom stereocenters. The summed E-state index contributed by atoms with van der Waals surface area (Å²) in [5.41, 5.74) is 1.99. The summed E-state index contributed by atoms with van der Waals surface area (Å²) in [6.45, 7) is 1.93. The number of hydrogen-bond acceptors (Lipinski definition) is 3. The van der Waals surface area contributed by atoms with E-state index in [-0.39, 0.29) is 11.1 Å². The zero-order valence-corrected chi connectivity index (χ0v) is 13.5. The van der Waals surface area contributed by atoms with Gasteiger partial charge < -0.3 is 5.32 Å². The van der Waals surface area contributed by atoms with Gasteiger partial charge in [-0.1, -0.05) is 34.5 Å². The number of halogens is 2. The molecule has 1 amide bonds. The first-order valence-electron chi connectivity index (χ1n) is 6.21. The van der Waals surface area contributed by atoms with Crippen molar-refractivity contribution in [1.29, 1.82) is 5.26 Å². The summed E-state index contributed by atoms with van der Waals surface area (Å²) < 4.78 is 0.775. The monoisotopic (exact) mass is 363 g/mol. The molecule has 0 radical (unpaired) electrons. The molecule has 6 heteroatoms. The summed E-state index contributed by atoms with van der Waals surface area (Å²) in [4.78, 5) is 16.4. The average Bonchev–Trinajstić information content (AvgIpc) is 2.48. The molecule has 0 aliphatic carbocycles. The van der Waals surface area contributed by atoms with E-state index in [9.17, 15) is 4.79 Å². The lowest BCUT2D eigenvalue weighted by atomic mass is 10.1. The second-order valence-corrected chi connectivity index (χ2v) is 5.58. The Morgan fingerprint density at radius 3 is 2.86 bits per heavy atom. The van der Waals surface area contributed by atoms with Crippen molar-refractivity contribution in [2.45, 2.75) is 13.3 Å². The second kappa shape index (κ2) is 6.70. The Bertz CT molecular complexity index is 740. The number of rotatable bonds is 3. The molecule has 1 N–H and O–H groups in total. The molecule has 4 nitrogen and oxygen atoms in total. The summed E-state index contributed by atoms with van der Waals surface area (Å²) in [7, 11) is 0. The van der Waals surface area contributed by atoms with Crippen molar-refractivity contribution in [1.82, 2.24) is 4.98 Å². The van der Waals surface area contributed by atoms with Crippen LogP contribution in [0.15, 0.2) is 34.8 Å². The van der Waals surface area contributed by atoms with Crippen molar-refractivity contribution < 1.29 is 4.79 Å². The maximum absolute atomic E-state index is 12.3. The standard InChI is InChI=1S/C15H11BrClN3O/c1-2-12-6-9(7-14(17)19-12)15(21)20-13-4-3-11(16)5-10(13)8-18/h3-7H,2H2,1H3,(H,20,21). The Labute approximate surface area is 135 Å². The molecule has 2 rings (SSSR count). The van der Waals surface area contributed by atoms with Crippen LogP contribution >= 0.6 is 27.5 Å². The zero-order valence-electron chi connectivity index (χ0n) is 11.2. The van der Waals surface area contributed by atoms with Gasteiger partial charge in [0.2, 0.25) is 0 Å². The number of hydrogen-bond donors (Lipinski definition) is 1. The number of nitriles is 1. The molecule has 0 bridgehead atoms. The van der Waals surface area contributed by atoms with Crippen molar-refractivity contribution in [3.63, 3.8) is 0 Å². The van der Waals surface area contributed by atoms with Gasteiger partial charge in [-0.05, 0) is 36.8 Å². The van der Waals surface area contributed by atoms with Crippen molar-refractivity contribution in [2.24, 2.45) is 0 Å². The Hall–Kier alpha value is -1.90. The van der Waals surface area contributed by atoms with Crippen LogP contribution in [-0.4, -0.2) is 10.9 Å². The first-order valence-corrected chi connectivity index (χ1v) is 7.38. The molecule has 2 aromatic rings. The van der Waals surface area contributed by atoms with E-state index < -0.39 is 0 Å². The van der Waals surface area contributed by atoms with Crippen molar-refractivity contribution in [3.8, 4) is 6.07 Å². The van der Waals surface area contributed by atoms with Gasteiger partial charge in [0.1, 0.15) is 11.2 Å². The third-order valence-electron chi connectivity index (χ3n) is 2.82. The number of carbonyl (C=O) groups is 1. The van der Waals surface area contributed by atoms with Crippen LogP contribution in [0.5, 0.6) is 0 Å². The fourth-order valence-corrected chi connectivity index (χ4v) is 2.36. The number of carbonyl (C=O) groups excluding carboxylic acids is 1. The number of amides is 1. The first kappa shape index (κ1) is 15.5. The Morgan fingerprint density at radius 2 is 2.19 bits per heavy atom. The quantitative estimate of drug-likeness (QED) is 0.831. The van der Waals surface area contributed by atoms with Crippen LogP contribution in [0, 0.1) is 11.3 Å². The van der Waals surface area contributed by atoms with Gasteiger partial charge in [-0.15, -0.1) is 0 Å². The maximum atomic E-state index is 12.3. The number of anilines is 1. The molecular weight excluding hydrogens is 354 g/mol. The molecule has 0 atom stereocenters. The van der Waals surface area contributed by atoms with Gasteiger partial charge in [0.05, 0.1) is 11.3 Å². The van der Waals surface area contributed by atoms with Crippen LogP contribution in [0.4, 0.5) is 5.69 Å². The molecule has 106 valence electrons. The lowest BCUT2D eigenvalue weighted by molar-refractivity contribution is 0.102. The van der Waals surface area contributed by atoms with E-state index in [1.54, 1.807) is 24.3 Å². The van der Waals surface area contributed by atoms with Gasteiger partial charge >= 0.3 is 0 Å². The van der Waals surface area contributed by atoms with Gasteiger partial charge in [0.15, 0.2) is 0 Å². The molecule has 0 saturated carbocycles. The Kier molecular flexibility index (Phi) is 4.94. The maximum Gasteiger partial charge on any atom is 0.255 e. The number of nitrogens with zero attached hydrogens (tertiary/aromatic N) is 2. The summed E-state index contributed by atoms with van der Waals surface area (Å²) in [5, 5.41) is 12.1. The molecule has 0 fully saturated rings. The summed E-state index contributed by atoms with van der Waals surface area (Å²) in [6, 6.07) is 10.3. The van der Waals surface area contributed by atoms with Gasteiger partial charge in [0, 0.05) is 15.7 Å². The Morgan fingerprint density at radius 1 is 1.43 bits per heavy atom. The Balaban J connectivity index is 2.30.